The second kappa shape index (κ2) is 6.12. The van der Waals surface area contributed by atoms with E-state index in [1.807, 2.05) is 0 Å². The van der Waals surface area contributed by atoms with Gasteiger partial charge >= 0.3 is 0 Å². The van der Waals surface area contributed by atoms with Crippen molar-refractivity contribution in [3.63, 3.8) is 0 Å². The Labute approximate surface area is 124 Å². The second-order valence-electron chi connectivity index (χ2n) is 5.25. The van der Waals surface area contributed by atoms with Gasteiger partial charge in [-0.25, -0.2) is 13.4 Å². The van der Waals surface area contributed by atoms with Crippen molar-refractivity contribution in [2.24, 2.45) is 12.8 Å². The fourth-order valence-electron chi connectivity index (χ4n) is 2.41. The van der Waals surface area contributed by atoms with E-state index in [-0.39, 0.29) is 17.6 Å². The quantitative estimate of drug-likeness (QED) is 0.721. The van der Waals surface area contributed by atoms with E-state index in [0.29, 0.717) is 18.8 Å². The normalized spacial score (nSPS) is 19.9. The van der Waals surface area contributed by atoms with Gasteiger partial charge in [-0.2, -0.15) is 4.31 Å². The van der Waals surface area contributed by atoms with Crippen molar-refractivity contribution < 1.29 is 13.2 Å². The Morgan fingerprint density at radius 3 is 2.81 bits per heavy atom. The van der Waals surface area contributed by atoms with Crippen LogP contribution in [0.2, 0.25) is 0 Å². The molecule has 0 aromatic carbocycles. The van der Waals surface area contributed by atoms with Crippen LogP contribution >= 0.6 is 0 Å². The molecular weight excluding hydrogens is 294 g/mol. The first-order valence-corrected chi connectivity index (χ1v) is 8.27. The van der Waals surface area contributed by atoms with Gasteiger partial charge in [-0.15, -0.1) is 0 Å². The van der Waals surface area contributed by atoms with Gasteiger partial charge in [0.2, 0.25) is 5.91 Å². The molecule has 1 fully saturated rings. The lowest BCUT2D eigenvalue weighted by molar-refractivity contribution is -0.118. The Kier molecular flexibility index (Phi) is 4.64. The lowest BCUT2D eigenvalue weighted by Gasteiger charge is -2.32. The Balaban J connectivity index is 2.35. The average molecular weight is 315 g/mol. The molecule has 1 unspecified atom stereocenters. The zero-order valence-electron chi connectivity index (χ0n) is 12.2. The van der Waals surface area contributed by atoms with E-state index in [1.165, 1.54) is 10.5 Å². The highest BCUT2D eigenvalue weighted by Crippen LogP contribution is 2.20. The number of imidazole rings is 1. The Morgan fingerprint density at radius 2 is 2.33 bits per heavy atom. The molecule has 1 amide bonds. The van der Waals surface area contributed by atoms with Crippen molar-refractivity contribution in [2.75, 3.05) is 19.6 Å². The molecule has 0 bridgehead atoms. The summed E-state index contributed by atoms with van der Waals surface area (Å²) in [6, 6.07) is -0.279. The second-order valence-corrected chi connectivity index (χ2v) is 7.09. The van der Waals surface area contributed by atoms with Crippen LogP contribution in [-0.2, 0) is 21.9 Å². The summed E-state index contributed by atoms with van der Waals surface area (Å²) in [5.41, 5.74) is 5.22. The minimum Gasteiger partial charge on any atom is -0.369 e. The minimum absolute atomic E-state index is 0.0469. The summed E-state index contributed by atoms with van der Waals surface area (Å²) in [5.74, 6) is -0.0776. The number of nitrogens with zero attached hydrogens (tertiary/aromatic N) is 3. The number of aromatic nitrogens is 2. The zero-order valence-corrected chi connectivity index (χ0v) is 13.1. The summed E-state index contributed by atoms with van der Waals surface area (Å²) in [6.07, 6.45) is 3.01. The zero-order chi connectivity index (χ0) is 15.6. The fraction of sp³-hybridized carbons (Fsp3) is 0.667. The van der Waals surface area contributed by atoms with Gasteiger partial charge < -0.3 is 15.6 Å². The molecule has 1 aliphatic rings. The van der Waals surface area contributed by atoms with Crippen molar-refractivity contribution in [3.8, 4) is 0 Å². The summed E-state index contributed by atoms with van der Waals surface area (Å²) in [7, 11) is -2.11. The SMILES string of the molecule is Cc1nc(S(=O)(=O)N(CC(N)=O)C2CCCNC2)cn1C. The molecule has 1 saturated heterocycles. The third kappa shape index (κ3) is 3.42. The maximum atomic E-state index is 12.7. The fourth-order valence-corrected chi connectivity index (χ4v) is 4.06. The predicted molar refractivity (Wildman–Crippen MR) is 76.9 cm³/mol. The molecule has 0 spiro atoms. The van der Waals surface area contributed by atoms with Gasteiger partial charge in [0, 0.05) is 25.8 Å². The number of nitrogens with one attached hydrogen (secondary N) is 1. The van der Waals surface area contributed by atoms with Crippen LogP contribution in [0.1, 0.15) is 18.7 Å². The number of hydrogen-bond acceptors (Lipinski definition) is 5. The highest BCUT2D eigenvalue weighted by atomic mass is 32.2. The maximum Gasteiger partial charge on any atom is 0.262 e. The topological polar surface area (TPSA) is 110 Å². The number of rotatable bonds is 5. The van der Waals surface area contributed by atoms with E-state index in [0.717, 1.165) is 13.0 Å². The summed E-state index contributed by atoms with van der Waals surface area (Å²) in [6.45, 7) is 2.76. The van der Waals surface area contributed by atoms with Gasteiger partial charge in [-0.3, -0.25) is 4.79 Å². The molecular formula is C12H21N5O3S. The molecule has 0 radical (unpaired) electrons. The van der Waals surface area contributed by atoms with Crippen molar-refractivity contribution in [1.82, 2.24) is 19.2 Å². The summed E-state index contributed by atoms with van der Waals surface area (Å²) < 4.78 is 28.3. The number of carbonyl (C=O) groups excluding carboxylic acids is 1. The van der Waals surface area contributed by atoms with Gasteiger partial charge in [0.05, 0.1) is 6.54 Å². The molecule has 3 N–H and O–H groups in total. The van der Waals surface area contributed by atoms with Crippen LogP contribution in [-0.4, -0.2) is 53.9 Å². The average Bonchev–Trinajstić information content (AvgIpc) is 2.77. The third-order valence-electron chi connectivity index (χ3n) is 3.65. The van der Waals surface area contributed by atoms with Crippen LogP contribution in [0.4, 0.5) is 0 Å². The number of nitrogens with two attached hydrogens (primary N) is 1. The Bertz CT molecular complexity index is 599. The third-order valence-corrected chi connectivity index (χ3v) is 5.42. The van der Waals surface area contributed by atoms with Crippen LogP contribution < -0.4 is 11.1 Å². The first kappa shape index (κ1) is 15.9. The molecule has 0 saturated carbocycles. The van der Waals surface area contributed by atoms with E-state index in [4.69, 9.17) is 5.73 Å². The molecule has 2 heterocycles. The number of carbonyl (C=O) groups is 1. The highest BCUT2D eigenvalue weighted by molar-refractivity contribution is 7.89. The smallest absolute Gasteiger partial charge is 0.262 e. The molecule has 1 aromatic heterocycles. The number of aryl methyl sites for hydroxylation is 2. The number of sulfonamides is 1. The standard InChI is InChI=1S/C12H21N5O3S/c1-9-15-12(8-16(9)2)21(19,20)17(7-11(13)18)10-4-3-5-14-6-10/h8,10,14H,3-7H2,1-2H3,(H2,13,18). The lowest BCUT2D eigenvalue weighted by atomic mass is 10.1. The number of piperidine rings is 1. The van der Waals surface area contributed by atoms with Crippen molar-refractivity contribution in [2.45, 2.75) is 30.8 Å². The molecule has 1 aliphatic heterocycles. The Morgan fingerprint density at radius 1 is 1.62 bits per heavy atom. The van der Waals surface area contributed by atoms with E-state index in [9.17, 15) is 13.2 Å². The van der Waals surface area contributed by atoms with E-state index < -0.39 is 15.9 Å². The van der Waals surface area contributed by atoms with E-state index >= 15 is 0 Å². The predicted octanol–water partition coefficient (Wildman–Crippen LogP) is -1.04. The lowest BCUT2D eigenvalue weighted by Crippen LogP contribution is -2.51. The van der Waals surface area contributed by atoms with Crippen LogP contribution in [0.25, 0.3) is 0 Å². The summed E-state index contributed by atoms with van der Waals surface area (Å²) in [4.78, 5) is 15.3. The van der Waals surface area contributed by atoms with Gasteiger partial charge in [0.15, 0.2) is 5.03 Å². The maximum absolute atomic E-state index is 12.7. The first-order chi connectivity index (χ1) is 9.82. The molecule has 1 atom stereocenters. The van der Waals surface area contributed by atoms with E-state index in [2.05, 4.69) is 10.3 Å². The van der Waals surface area contributed by atoms with Crippen LogP contribution in [0.5, 0.6) is 0 Å². The molecule has 2 rings (SSSR count). The van der Waals surface area contributed by atoms with Crippen LogP contribution in [0.15, 0.2) is 11.2 Å². The van der Waals surface area contributed by atoms with Crippen molar-refractivity contribution in [3.05, 3.63) is 12.0 Å². The molecule has 118 valence electrons. The van der Waals surface area contributed by atoms with Gasteiger partial charge in [-0.05, 0) is 26.3 Å². The summed E-state index contributed by atoms with van der Waals surface area (Å²) >= 11 is 0. The van der Waals surface area contributed by atoms with Crippen molar-refractivity contribution >= 4 is 15.9 Å². The number of primary amides is 1. The molecule has 0 aliphatic carbocycles. The summed E-state index contributed by atoms with van der Waals surface area (Å²) in [5, 5.41) is 3.10. The Hall–Kier alpha value is -1.45. The minimum atomic E-state index is -3.84. The number of amides is 1. The molecule has 8 nitrogen and oxygen atoms in total. The largest absolute Gasteiger partial charge is 0.369 e. The van der Waals surface area contributed by atoms with Crippen LogP contribution in [0.3, 0.4) is 0 Å². The van der Waals surface area contributed by atoms with E-state index in [1.54, 1.807) is 18.5 Å². The van der Waals surface area contributed by atoms with Crippen LogP contribution in [0, 0.1) is 6.92 Å². The monoisotopic (exact) mass is 315 g/mol. The molecule has 21 heavy (non-hydrogen) atoms. The first-order valence-electron chi connectivity index (χ1n) is 6.83. The van der Waals surface area contributed by atoms with Gasteiger partial charge in [0.25, 0.3) is 10.0 Å². The molecule has 1 aromatic rings. The van der Waals surface area contributed by atoms with Gasteiger partial charge in [0.1, 0.15) is 5.82 Å². The van der Waals surface area contributed by atoms with Crippen molar-refractivity contribution in [1.29, 1.82) is 0 Å². The molecule has 9 heteroatoms. The highest BCUT2D eigenvalue weighted by Gasteiger charge is 2.35. The van der Waals surface area contributed by atoms with Gasteiger partial charge in [-0.1, -0.05) is 0 Å². The number of hydrogen-bond donors (Lipinski definition) is 2.